The lowest BCUT2D eigenvalue weighted by atomic mass is 9.79. The van der Waals surface area contributed by atoms with Crippen molar-refractivity contribution in [3.05, 3.63) is 12.7 Å². The predicted octanol–water partition coefficient (Wildman–Crippen LogP) is 1.29. The van der Waals surface area contributed by atoms with E-state index < -0.39 is 5.41 Å². The van der Waals surface area contributed by atoms with Crippen LogP contribution < -0.4 is 5.73 Å². The summed E-state index contributed by atoms with van der Waals surface area (Å²) < 4.78 is 0. The molecule has 0 spiro atoms. The Bertz CT molecular complexity index is 271. The molecule has 0 atom stereocenters. The zero-order valence-electron chi connectivity index (χ0n) is 11.2. The SMILES string of the molecule is C=CCN(CCO)C(=O)C1(CN)CCCCCC1. The standard InChI is InChI=1S/C14H26N2O2/c1-2-9-16(10-11-17)13(18)14(12-15)7-5-3-4-6-8-14/h2,17H,1,3-12,15H2. The summed E-state index contributed by atoms with van der Waals surface area (Å²) in [6.45, 7) is 4.92. The number of hydrogen-bond donors (Lipinski definition) is 2. The zero-order chi connectivity index (χ0) is 13.4. The molecule has 0 radical (unpaired) electrons. The smallest absolute Gasteiger partial charge is 0.230 e. The van der Waals surface area contributed by atoms with E-state index in [1.54, 1.807) is 11.0 Å². The van der Waals surface area contributed by atoms with Gasteiger partial charge < -0.3 is 15.7 Å². The second kappa shape index (κ2) is 7.54. The third-order valence-electron chi connectivity index (χ3n) is 3.91. The van der Waals surface area contributed by atoms with Gasteiger partial charge in [-0.3, -0.25) is 4.79 Å². The van der Waals surface area contributed by atoms with Crippen molar-refractivity contribution < 1.29 is 9.90 Å². The first kappa shape index (κ1) is 15.2. The van der Waals surface area contributed by atoms with Gasteiger partial charge in [-0.1, -0.05) is 31.8 Å². The van der Waals surface area contributed by atoms with Crippen LogP contribution in [0.1, 0.15) is 38.5 Å². The van der Waals surface area contributed by atoms with Crippen LogP contribution in [0.15, 0.2) is 12.7 Å². The normalized spacial score (nSPS) is 19.0. The zero-order valence-corrected chi connectivity index (χ0v) is 11.2. The molecule has 0 heterocycles. The van der Waals surface area contributed by atoms with Gasteiger partial charge in [0, 0.05) is 19.6 Å². The number of carbonyl (C=O) groups is 1. The third-order valence-corrected chi connectivity index (χ3v) is 3.91. The number of aliphatic hydroxyl groups excluding tert-OH is 1. The highest BCUT2D eigenvalue weighted by Gasteiger charge is 2.39. The fourth-order valence-electron chi connectivity index (χ4n) is 2.80. The first-order valence-electron chi connectivity index (χ1n) is 6.91. The molecule has 1 fully saturated rings. The number of hydrogen-bond acceptors (Lipinski definition) is 3. The molecule has 0 aliphatic heterocycles. The Hall–Kier alpha value is -0.870. The Labute approximate surface area is 110 Å². The quantitative estimate of drug-likeness (QED) is 0.554. The molecule has 0 aromatic carbocycles. The summed E-state index contributed by atoms with van der Waals surface area (Å²) in [6.07, 6.45) is 7.98. The molecule has 18 heavy (non-hydrogen) atoms. The van der Waals surface area contributed by atoms with Gasteiger partial charge >= 0.3 is 0 Å². The topological polar surface area (TPSA) is 66.6 Å². The molecule has 1 rings (SSSR count). The lowest BCUT2D eigenvalue weighted by Crippen LogP contribution is -2.48. The van der Waals surface area contributed by atoms with Gasteiger partial charge in [-0.2, -0.15) is 0 Å². The highest BCUT2D eigenvalue weighted by Crippen LogP contribution is 2.35. The highest BCUT2D eigenvalue weighted by molar-refractivity contribution is 5.83. The van der Waals surface area contributed by atoms with E-state index in [2.05, 4.69) is 6.58 Å². The van der Waals surface area contributed by atoms with Crippen molar-refractivity contribution in [3.8, 4) is 0 Å². The molecule has 1 amide bonds. The van der Waals surface area contributed by atoms with Gasteiger partial charge in [0.1, 0.15) is 0 Å². The molecule has 4 nitrogen and oxygen atoms in total. The summed E-state index contributed by atoms with van der Waals surface area (Å²) in [6, 6.07) is 0. The molecule has 3 N–H and O–H groups in total. The van der Waals surface area contributed by atoms with Crippen molar-refractivity contribution in [1.29, 1.82) is 0 Å². The van der Waals surface area contributed by atoms with Crippen molar-refractivity contribution in [1.82, 2.24) is 4.90 Å². The van der Waals surface area contributed by atoms with Gasteiger partial charge in [-0.25, -0.2) is 0 Å². The van der Waals surface area contributed by atoms with E-state index in [0.29, 0.717) is 19.6 Å². The highest BCUT2D eigenvalue weighted by atomic mass is 16.3. The molecule has 1 saturated carbocycles. The van der Waals surface area contributed by atoms with Crippen molar-refractivity contribution in [2.24, 2.45) is 11.1 Å². The largest absolute Gasteiger partial charge is 0.395 e. The van der Waals surface area contributed by atoms with Crippen LogP contribution in [-0.2, 0) is 4.79 Å². The first-order valence-corrected chi connectivity index (χ1v) is 6.91. The number of carbonyl (C=O) groups excluding carboxylic acids is 1. The molecule has 0 bridgehead atoms. The summed E-state index contributed by atoms with van der Waals surface area (Å²) in [5, 5.41) is 9.06. The van der Waals surface area contributed by atoms with E-state index in [-0.39, 0.29) is 12.5 Å². The van der Waals surface area contributed by atoms with Gasteiger partial charge in [-0.05, 0) is 12.8 Å². The number of amides is 1. The number of nitrogens with zero attached hydrogens (tertiary/aromatic N) is 1. The van der Waals surface area contributed by atoms with Crippen molar-refractivity contribution in [3.63, 3.8) is 0 Å². The third kappa shape index (κ3) is 3.56. The molecule has 1 aliphatic carbocycles. The van der Waals surface area contributed by atoms with E-state index in [0.717, 1.165) is 25.7 Å². The van der Waals surface area contributed by atoms with Crippen molar-refractivity contribution in [2.75, 3.05) is 26.2 Å². The summed E-state index contributed by atoms with van der Waals surface area (Å²) in [4.78, 5) is 14.4. The minimum atomic E-state index is -0.408. The molecule has 4 heteroatoms. The Morgan fingerprint density at radius 1 is 1.33 bits per heavy atom. The number of nitrogens with two attached hydrogens (primary N) is 1. The Morgan fingerprint density at radius 2 is 1.94 bits per heavy atom. The van der Waals surface area contributed by atoms with Gasteiger partial charge in [-0.15, -0.1) is 6.58 Å². The Kier molecular flexibility index (Phi) is 6.36. The van der Waals surface area contributed by atoms with E-state index in [1.165, 1.54) is 12.8 Å². The second-order valence-electron chi connectivity index (χ2n) is 5.16. The van der Waals surface area contributed by atoms with Gasteiger partial charge in [0.2, 0.25) is 5.91 Å². The molecular weight excluding hydrogens is 228 g/mol. The van der Waals surface area contributed by atoms with E-state index in [1.807, 2.05) is 0 Å². The van der Waals surface area contributed by atoms with Crippen LogP contribution in [0.4, 0.5) is 0 Å². The van der Waals surface area contributed by atoms with Crippen molar-refractivity contribution >= 4 is 5.91 Å². The van der Waals surface area contributed by atoms with Crippen LogP contribution in [0, 0.1) is 5.41 Å². The van der Waals surface area contributed by atoms with Crippen LogP contribution in [0.2, 0.25) is 0 Å². The van der Waals surface area contributed by atoms with Crippen LogP contribution in [0.5, 0.6) is 0 Å². The maximum atomic E-state index is 12.7. The lowest BCUT2D eigenvalue weighted by molar-refractivity contribution is -0.142. The fourth-order valence-corrected chi connectivity index (χ4v) is 2.80. The molecule has 0 saturated heterocycles. The molecule has 0 aromatic heterocycles. The molecule has 0 aromatic rings. The summed E-state index contributed by atoms with van der Waals surface area (Å²) in [7, 11) is 0. The van der Waals surface area contributed by atoms with Crippen LogP contribution in [0.25, 0.3) is 0 Å². The molecule has 1 aliphatic rings. The fraction of sp³-hybridized carbons (Fsp3) is 0.786. The van der Waals surface area contributed by atoms with Crippen LogP contribution >= 0.6 is 0 Å². The number of rotatable bonds is 6. The van der Waals surface area contributed by atoms with Crippen LogP contribution in [-0.4, -0.2) is 42.2 Å². The van der Waals surface area contributed by atoms with Crippen molar-refractivity contribution in [2.45, 2.75) is 38.5 Å². The maximum Gasteiger partial charge on any atom is 0.230 e. The van der Waals surface area contributed by atoms with Crippen LogP contribution in [0.3, 0.4) is 0 Å². The molecular formula is C14H26N2O2. The summed E-state index contributed by atoms with van der Waals surface area (Å²) in [5.41, 5.74) is 5.49. The Morgan fingerprint density at radius 3 is 2.39 bits per heavy atom. The Balaban J connectivity index is 2.82. The minimum Gasteiger partial charge on any atom is -0.395 e. The minimum absolute atomic E-state index is 0.0137. The average Bonchev–Trinajstić information content (AvgIpc) is 2.64. The van der Waals surface area contributed by atoms with E-state index in [9.17, 15) is 4.79 Å². The van der Waals surface area contributed by atoms with E-state index >= 15 is 0 Å². The maximum absolute atomic E-state index is 12.7. The lowest BCUT2D eigenvalue weighted by Gasteiger charge is -2.35. The van der Waals surface area contributed by atoms with E-state index in [4.69, 9.17) is 10.8 Å². The summed E-state index contributed by atoms with van der Waals surface area (Å²) in [5.74, 6) is 0.0980. The first-order chi connectivity index (χ1) is 8.70. The number of aliphatic hydroxyl groups is 1. The molecule has 104 valence electrons. The van der Waals surface area contributed by atoms with Gasteiger partial charge in [0.15, 0.2) is 0 Å². The summed E-state index contributed by atoms with van der Waals surface area (Å²) >= 11 is 0. The second-order valence-corrected chi connectivity index (χ2v) is 5.16. The molecule has 0 unspecified atom stereocenters. The van der Waals surface area contributed by atoms with Gasteiger partial charge in [0.25, 0.3) is 0 Å². The monoisotopic (exact) mass is 254 g/mol. The predicted molar refractivity (Wildman–Crippen MR) is 73.1 cm³/mol. The average molecular weight is 254 g/mol. The van der Waals surface area contributed by atoms with Gasteiger partial charge in [0.05, 0.1) is 12.0 Å².